The van der Waals surface area contributed by atoms with Crippen molar-refractivity contribution >= 4 is 23.5 Å². The highest BCUT2D eigenvalue weighted by Crippen LogP contribution is 2.32. The van der Waals surface area contributed by atoms with Crippen molar-refractivity contribution in [3.05, 3.63) is 59.4 Å². The first-order chi connectivity index (χ1) is 17.9. The largest absolute Gasteiger partial charge is 0.379 e. The van der Waals surface area contributed by atoms with Crippen molar-refractivity contribution in [3.8, 4) is 6.07 Å². The molecule has 6 nitrogen and oxygen atoms in total. The van der Waals surface area contributed by atoms with Gasteiger partial charge in [-0.3, -0.25) is 9.52 Å². The lowest BCUT2D eigenvalue weighted by Gasteiger charge is -2.29. The molecular formula is C29H39FN4O2S. The van der Waals surface area contributed by atoms with E-state index < -0.39 is 11.4 Å². The van der Waals surface area contributed by atoms with Gasteiger partial charge in [0.2, 0.25) is 0 Å². The molecule has 1 aliphatic carbocycles. The molecule has 1 amide bonds. The summed E-state index contributed by atoms with van der Waals surface area (Å²) in [6.07, 6.45) is 7.91. The summed E-state index contributed by atoms with van der Waals surface area (Å²) >= 11 is 1.03. The van der Waals surface area contributed by atoms with Crippen molar-refractivity contribution in [2.24, 2.45) is 0 Å². The molecule has 2 aromatic carbocycles. The van der Waals surface area contributed by atoms with Gasteiger partial charge in [0, 0.05) is 18.0 Å². The van der Waals surface area contributed by atoms with E-state index in [1.165, 1.54) is 11.6 Å². The third-order valence-electron chi connectivity index (χ3n) is 7.06. The molecule has 1 saturated carbocycles. The van der Waals surface area contributed by atoms with E-state index in [1.807, 2.05) is 32.3 Å². The molecule has 0 bridgehead atoms. The zero-order valence-corrected chi connectivity index (χ0v) is 23.0. The van der Waals surface area contributed by atoms with E-state index in [0.29, 0.717) is 17.7 Å². The number of ether oxygens (including phenoxy) is 1. The SMILES string of the molecule is COC1(C(=O)NSc2cc(F)c(NC(CCc3ccccc3)CCN(C)C)c(C#N)c2)CCCCCC1. The number of methoxy groups -OCH3 is 1. The van der Waals surface area contributed by atoms with Crippen LogP contribution in [0.4, 0.5) is 10.1 Å². The lowest BCUT2D eigenvalue weighted by atomic mass is 9.93. The molecule has 1 atom stereocenters. The van der Waals surface area contributed by atoms with E-state index >= 15 is 4.39 Å². The topological polar surface area (TPSA) is 77.4 Å². The number of aryl methyl sites for hydroxylation is 1. The smallest absolute Gasteiger partial charge is 0.262 e. The summed E-state index contributed by atoms with van der Waals surface area (Å²) in [5.74, 6) is -0.700. The summed E-state index contributed by atoms with van der Waals surface area (Å²) in [5.41, 5.74) is 0.819. The Hall–Kier alpha value is -2.60. The second-order valence-corrected chi connectivity index (χ2v) is 10.9. The molecular weight excluding hydrogens is 487 g/mol. The fraction of sp³-hybridized carbons (Fsp3) is 0.517. The van der Waals surface area contributed by atoms with Crippen LogP contribution < -0.4 is 10.0 Å². The van der Waals surface area contributed by atoms with Gasteiger partial charge in [0.05, 0.1) is 11.3 Å². The predicted molar refractivity (Wildman–Crippen MR) is 148 cm³/mol. The average Bonchev–Trinajstić information content (AvgIpc) is 3.17. The molecule has 0 aliphatic heterocycles. The molecule has 2 N–H and O–H groups in total. The molecule has 1 aliphatic rings. The van der Waals surface area contributed by atoms with Crippen LogP contribution in [0.1, 0.15) is 62.5 Å². The summed E-state index contributed by atoms with van der Waals surface area (Å²) in [6.45, 7) is 0.844. The van der Waals surface area contributed by atoms with Crippen LogP contribution in [0.15, 0.2) is 47.4 Å². The van der Waals surface area contributed by atoms with Gasteiger partial charge in [-0.2, -0.15) is 5.26 Å². The van der Waals surface area contributed by atoms with Crippen molar-refractivity contribution < 1.29 is 13.9 Å². The number of nitrogens with one attached hydrogen (secondary N) is 2. The number of benzene rings is 2. The maximum absolute atomic E-state index is 15.3. The van der Waals surface area contributed by atoms with Gasteiger partial charge in [-0.15, -0.1) is 0 Å². The van der Waals surface area contributed by atoms with E-state index in [2.05, 4.69) is 33.1 Å². The average molecular weight is 527 g/mol. The van der Waals surface area contributed by atoms with E-state index in [-0.39, 0.29) is 23.2 Å². The number of anilines is 1. The third-order valence-corrected chi connectivity index (χ3v) is 7.82. The number of hydrogen-bond donors (Lipinski definition) is 2. The fourth-order valence-corrected chi connectivity index (χ4v) is 5.53. The van der Waals surface area contributed by atoms with Crippen molar-refractivity contribution in [1.82, 2.24) is 9.62 Å². The number of amides is 1. The van der Waals surface area contributed by atoms with Crippen LogP contribution in [0, 0.1) is 17.1 Å². The van der Waals surface area contributed by atoms with Crippen LogP contribution in [-0.4, -0.2) is 50.2 Å². The molecule has 0 radical (unpaired) electrons. The number of carbonyl (C=O) groups excluding carboxylic acids is 1. The normalized spacial score (nSPS) is 16.0. The first-order valence-electron chi connectivity index (χ1n) is 13.1. The maximum Gasteiger partial charge on any atom is 0.262 e. The molecule has 37 heavy (non-hydrogen) atoms. The number of nitriles is 1. The van der Waals surface area contributed by atoms with Gasteiger partial charge in [-0.1, -0.05) is 56.0 Å². The Morgan fingerprint density at radius 2 is 1.86 bits per heavy atom. The van der Waals surface area contributed by atoms with Gasteiger partial charge >= 0.3 is 0 Å². The molecule has 0 spiro atoms. The van der Waals surface area contributed by atoms with Crippen molar-refractivity contribution in [2.45, 2.75) is 74.3 Å². The van der Waals surface area contributed by atoms with Crippen molar-refractivity contribution in [1.29, 1.82) is 5.26 Å². The summed E-state index contributed by atoms with van der Waals surface area (Å²) in [4.78, 5) is 15.6. The molecule has 0 aromatic heterocycles. The molecule has 1 unspecified atom stereocenters. The summed E-state index contributed by atoms with van der Waals surface area (Å²) in [5, 5.41) is 13.1. The monoisotopic (exact) mass is 526 g/mol. The third kappa shape index (κ3) is 8.46. The number of rotatable bonds is 12. The molecule has 2 aromatic rings. The van der Waals surface area contributed by atoms with Crippen LogP contribution >= 0.6 is 11.9 Å². The minimum atomic E-state index is -0.847. The van der Waals surface area contributed by atoms with Gasteiger partial charge < -0.3 is 15.0 Å². The Morgan fingerprint density at radius 3 is 2.49 bits per heavy atom. The van der Waals surface area contributed by atoms with E-state index in [0.717, 1.165) is 63.4 Å². The minimum absolute atomic E-state index is 0.000732. The van der Waals surface area contributed by atoms with Crippen LogP contribution in [0.25, 0.3) is 0 Å². The number of nitrogens with zero attached hydrogens (tertiary/aromatic N) is 2. The lowest BCUT2D eigenvalue weighted by molar-refractivity contribution is -0.143. The van der Waals surface area contributed by atoms with Crippen molar-refractivity contribution in [3.63, 3.8) is 0 Å². The van der Waals surface area contributed by atoms with E-state index in [1.54, 1.807) is 13.2 Å². The van der Waals surface area contributed by atoms with Gasteiger partial charge in [-0.05, 0) is 82.4 Å². The van der Waals surface area contributed by atoms with Gasteiger partial charge in [0.1, 0.15) is 17.5 Å². The standard InChI is InChI=1S/C29H39FN4O2S/c1-34(2)18-15-24(14-13-22-11-7-6-8-12-22)32-27-23(21-31)19-25(20-26(27)30)37-33-28(35)29(36-3)16-9-4-5-10-17-29/h6-8,11-12,19-20,24,32H,4-5,9-10,13-18H2,1-3H3,(H,33,35). The Balaban J connectivity index is 1.71. The second kappa shape index (κ2) is 14.4. The first-order valence-corrected chi connectivity index (χ1v) is 13.9. The van der Waals surface area contributed by atoms with Crippen LogP contribution in [0.5, 0.6) is 0 Å². The Kier molecular flexibility index (Phi) is 11.2. The van der Waals surface area contributed by atoms with E-state index in [4.69, 9.17) is 4.74 Å². The Morgan fingerprint density at radius 1 is 1.16 bits per heavy atom. The highest BCUT2D eigenvalue weighted by molar-refractivity contribution is 7.98. The first kappa shape index (κ1) is 29.0. The van der Waals surface area contributed by atoms with Gasteiger partial charge in [0.15, 0.2) is 0 Å². The molecule has 0 saturated heterocycles. The van der Waals surface area contributed by atoms with E-state index in [9.17, 15) is 10.1 Å². The quantitative estimate of drug-likeness (QED) is 0.264. The number of hydrogen-bond acceptors (Lipinski definition) is 6. The Bertz CT molecular complexity index is 1050. The van der Waals surface area contributed by atoms with Crippen LogP contribution in [0.2, 0.25) is 0 Å². The van der Waals surface area contributed by atoms with Crippen LogP contribution in [-0.2, 0) is 16.0 Å². The lowest BCUT2D eigenvalue weighted by Crippen LogP contribution is -2.45. The van der Waals surface area contributed by atoms with Gasteiger partial charge in [-0.25, -0.2) is 4.39 Å². The number of carbonyl (C=O) groups is 1. The van der Waals surface area contributed by atoms with Gasteiger partial charge in [0.25, 0.3) is 5.91 Å². The summed E-state index contributed by atoms with van der Waals surface area (Å²) in [7, 11) is 5.60. The summed E-state index contributed by atoms with van der Waals surface area (Å²) in [6, 6.07) is 15.3. The minimum Gasteiger partial charge on any atom is -0.379 e. The van der Waals surface area contributed by atoms with Crippen molar-refractivity contribution in [2.75, 3.05) is 33.1 Å². The number of halogens is 1. The Labute approximate surface area is 225 Å². The zero-order valence-electron chi connectivity index (χ0n) is 22.2. The molecule has 0 heterocycles. The maximum atomic E-state index is 15.3. The molecule has 200 valence electrons. The fourth-order valence-electron chi connectivity index (χ4n) is 4.79. The highest BCUT2D eigenvalue weighted by Gasteiger charge is 2.38. The second-order valence-electron chi connectivity index (χ2n) is 10.0. The highest BCUT2D eigenvalue weighted by atomic mass is 32.2. The molecule has 1 fully saturated rings. The van der Waals surface area contributed by atoms with Crippen LogP contribution in [0.3, 0.4) is 0 Å². The molecule has 3 rings (SSSR count). The summed E-state index contributed by atoms with van der Waals surface area (Å²) < 4.78 is 23.8. The zero-order chi connectivity index (χ0) is 26.7. The molecule has 8 heteroatoms. The predicted octanol–water partition coefficient (Wildman–Crippen LogP) is 5.93.